The van der Waals surface area contributed by atoms with Gasteiger partial charge in [0.15, 0.2) is 0 Å². The van der Waals surface area contributed by atoms with Crippen molar-refractivity contribution in [3.05, 3.63) is 70.5 Å². The molecule has 3 rings (SSSR count). The van der Waals surface area contributed by atoms with Gasteiger partial charge in [-0.2, -0.15) is 0 Å². The average Bonchev–Trinajstić information content (AvgIpc) is 2.56. The molecule has 0 aromatic heterocycles. The zero-order valence-corrected chi connectivity index (χ0v) is 13.0. The fourth-order valence-corrected chi connectivity index (χ4v) is 3.10. The number of rotatable bonds is 1. The molecule has 0 saturated heterocycles. The lowest BCUT2D eigenvalue weighted by molar-refractivity contribution is 0.442. The lowest BCUT2D eigenvalue weighted by Gasteiger charge is -2.22. The van der Waals surface area contributed by atoms with E-state index >= 15 is 0 Å². The molecule has 22 heavy (non-hydrogen) atoms. The standard InChI is InChI=1S/C21H21F/c1-16-7-9-17(10-8-16)11-12-19-13-14-20(15-21(19)22)18-5-3-2-4-6-18/h7-10,13-15,18H,2-6H2,1H3. The van der Waals surface area contributed by atoms with Crippen molar-refractivity contribution in [1.29, 1.82) is 0 Å². The number of halogens is 1. The van der Waals surface area contributed by atoms with Gasteiger partial charge in [0.2, 0.25) is 0 Å². The SMILES string of the molecule is Cc1ccc(C#Cc2ccc(C3CCCCC3)cc2F)cc1. The monoisotopic (exact) mass is 292 g/mol. The molecule has 0 aliphatic heterocycles. The second kappa shape index (κ2) is 6.79. The van der Waals surface area contributed by atoms with E-state index in [1.165, 1.54) is 37.7 Å². The fourth-order valence-electron chi connectivity index (χ4n) is 3.10. The topological polar surface area (TPSA) is 0 Å². The van der Waals surface area contributed by atoms with Gasteiger partial charge in [-0.25, -0.2) is 4.39 Å². The summed E-state index contributed by atoms with van der Waals surface area (Å²) in [7, 11) is 0. The second-order valence-corrected chi connectivity index (χ2v) is 6.19. The number of hydrogen-bond acceptors (Lipinski definition) is 0. The molecule has 0 atom stereocenters. The van der Waals surface area contributed by atoms with Crippen LogP contribution < -0.4 is 0 Å². The second-order valence-electron chi connectivity index (χ2n) is 6.19. The minimum Gasteiger partial charge on any atom is -0.206 e. The van der Waals surface area contributed by atoms with Crippen LogP contribution in [-0.2, 0) is 0 Å². The molecule has 1 fully saturated rings. The van der Waals surface area contributed by atoms with Gasteiger partial charge in [-0.15, -0.1) is 0 Å². The molecule has 0 heterocycles. The van der Waals surface area contributed by atoms with E-state index in [-0.39, 0.29) is 5.82 Å². The Bertz CT molecular complexity index is 695. The molecule has 0 spiro atoms. The Hall–Kier alpha value is -2.07. The third-order valence-corrected chi connectivity index (χ3v) is 4.46. The predicted octanol–water partition coefficient (Wildman–Crippen LogP) is 5.58. The lowest BCUT2D eigenvalue weighted by Crippen LogP contribution is -2.05. The van der Waals surface area contributed by atoms with E-state index in [0.29, 0.717) is 11.5 Å². The van der Waals surface area contributed by atoms with Gasteiger partial charge in [0.1, 0.15) is 5.82 Å². The highest BCUT2D eigenvalue weighted by Gasteiger charge is 2.16. The van der Waals surface area contributed by atoms with E-state index in [2.05, 4.69) is 17.9 Å². The van der Waals surface area contributed by atoms with Gasteiger partial charge >= 0.3 is 0 Å². The molecule has 0 N–H and O–H groups in total. The summed E-state index contributed by atoms with van der Waals surface area (Å²) < 4.78 is 14.3. The summed E-state index contributed by atoms with van der Waals surface area (Å²) >= 11 is 0. The molecular formula is C21H21F. The predicted molar refractivity (Wildman–Crippen MR) is 89.4 cm³/mol. The average molecular weight is 292 g/mol. The minimum atomic E-state index is -0.192. The summed E-state index contributed by atoms with van der Waals surface area (Å²) in [6.45, 7) is 2.04. The number of aryl methyl sites for hydroxylation is 1. The highest BCUT2D eigenvalue weighted by Crippen LogP contribution is 2.33. The van der Waals surface area contributed by atoms with E-state index in [1.54, 1.807) is 6.07 Å². The maximum Gasteiger partial charge on any atom is 0.139 e. The number of benzene rings is 2. The first-order valence-electron chi connectivity index (χ1n) is 8.10. The lowest BCUT2D eigenvalue weighted by atomic mass is 9.84. The van der Waals surface area contributed by atoms with Crippen molar-refractivity contribution in [2.45, 2.75) is 44.9 Å². The van der Waals surface area contributed by atoms with Crippen LogP contribution in [0.15, 0.2) is 42.5 Å². The Labute approximate surface area is 132 Å². The van der Waals surface area contributed by atoms with Gasteiger partial charge in [0.05, 0.1) is 5.56 Å². The van der Waals surface area contributed by atoms with Crippen LogP contribution in [0.5, 0.6) is 0 Å². The molecule has 112 valence electrons. The van der Waals surface area contributed by atoms with Crippen LogP contribution in [0.4, 0.5) is 4.39 Å². The third kappa shape index (κ3) is 3.57. The van der Waals surface area contributed by atoms with E-state index < -0.39 is 0 Å². The molecule has 1 heteroatoms. The molecule has 2 aromatic rings. The maximum absolute atomic E-state index is 14.3. The van der Waals surface area contributed by atoms with Crippen LogP contribution in [-0.4, -0.2) is 0 Å². The van der Waals surface area contributed by atoms with Crippen LogP contribution in [0.25, 0.3) is 0 Å². The number of hydrogen-bond donors (Lipinski definition) is 0. The zero-order valence-electron chi connectivity index (χ0n) is 13.0. The van der Waals surface area contributed by atoms with Crippen LogP contribution in [0.3, 0.4) is 0 Å². The molecular weight excluding hydrogens is 271 g/mol. The van der Waals surface area contributed by atoms with Gasteiger partial charge in [-0.05, 0) is 55.5 Å². The van der Waals surface area contributed by atoms with E-state index in [0.717, 1.165) is 11.1 Å². The smallest absolute Gasteiger partial charge is 0.139 e. The zero-order chi connectivity index (χ0) is 15.4. The van der Waals surface area contributed by atoms with E-state index in [1.807, 2.05) is 37.3 Å². The van der Waals surface area contributed by atoms with Crippen molar-refractivity contribution in [2.75, 3.05) is 0 Å². The molecule has 1 saturated carbocycles. The maximum atomic E-state index is 14.3. The van der Waals surface area contributed by atoms with Crippen LogP contribution >= 0.6 is 0 Å². The van der Waals surface area contributed by atoms with Crippen molar-refractivity contribution >= 4 is 0 Å². The van der Waals surface area contributed by atoms with Crippen molar-refractivity contribution in [1.82, 2.24) is 0 Å². The Morgan fingerprint density at radius 1 is 0.909 bits per heavy atom. The van der Waals surface area contributed by atoms with Crippen LogP contribution in [0, 0.1) is 24.6 Å². The first kappa shape index (κ1) is 14.9. The summed E-state index contributed by atoms with van der Waals surface area (Å²) in [5, 5.41) is 0. The Morgan fingerprint density at radius 2 is 1.64 bits per heavy atom. The largest absolute Gasteiger partial charge is 0.206 e. The molecule has 0 radical (unpaired) electrons. The van der Waals surface area contributed by atoms with Gasteiger partial charge in [0, 0.05) is 5.56 Å². The minimum absolute atomic E-state index is 0.192. The van der Waals surface area contributed by atoms with Crippen molar-refractivity contribution in [3.63, 3.8) is 0 Å². The molecule has 1 aliphatic carbocycles. The highest BCUT2D eigenvalue weighted by atomic mass is 19.1. The van der Waals surface area contributed by atoms with Gasteiger partial charge in [0.25, 0.3) is 0 Å². The summed E-state index contributed by atoms with van der Waals surface area (Å²) in [6, 6.07) is 13.6. The molecule has 2 aromatic carbocycles. The summed E-state index contributed by atoms with van der Waals surface area (Å²) in [6.07, 6.45) is 6.23. The molecule has 0 bridgehead atoms. The van der Waals surface area contributed by atoms with Gasteiger partial charge in [-0.1, -0.05) is 54.9 Å². The third-order valence-electron chi connectivity index (χ3n) is 4.46. The van der Waals surface area contributed by atoms with Gasteiger partial charge in [-0.3, -0.25) is 0 Å². The molecule has 0 nitrogen and oxygen atoms in total. The highest BCUT2D eigenvalue weighted by molar-refractivity contribution is 5.45. The normalized spacial score (nSPS) is 15.2. The van der Waals surface area contributed by atoms with Crippen LogP contribution in [0.1, 0.15) is 60.3 Å². The fraction of sp³-hybridized carbons (Fsp3) is 0.333. The first-order chi connectivity index (χ1) is 10.7. The Balaban J connectivity index is 1.79. The quantitative estimate of drug-likeness (QED) is 0.602. The molecule has 1 aliphatic rings. The first-order valence-corrected chi connectivity index (χ1v) is 8.10. The van der Waals surface area contributed by atoms with E-state index in [4.69, 9.17) is 0 Å². The van der Waals surface area contributed by atoms with Crippen molar-refractivity contribution < 1.29 is 4.39 Å². The summed E-state index contributed by atoms with van der Waals surface area (Å²) in [5.41, 5.74) is 3.74. The van der Waals surface area contributed by atoms with Crippen molar-refractivity contribution in [3.8, 4) is 11.8 Å². The summed E-state index contributed by atoms with van der Waals surface area (Å²) in [5.74, 6) is 6.33. The van der Waals surface area contributed by atoms with E-state index in [9.17, 15) is 4.39 Å². The van der Waals surface area contributed by atoms with Crippen molar-refractivity contribution in [2.24, 2.45) is 0 Å². The summed E-state index contributed by atoms with van der Waals surface area (Å²) in [4.78, 5) is 0. The molecule has 0 unspecified atom stereocenters. The Morgan fingerprint density at radius 3 is 2.32 bits per heavy atom. The Kier molecular flexibility index (Phi) is 4.59. The molecule has 0 amide bonds. The van der Waals surface area contributed by atoms with Gasteiger partial charge < -0.3 is 0 Å². The van der Waals surface area contributed by atoms with Crippen LogP contribution in [0.2, 0.25) is 0 Å².